The van der Waals surface area contributed by atoms with Crippen molar-refractivity contribution in [2.24, 2.45) is 4.36 Å². The van der Waals surface area contributed by atoms with Crippen molar-refractivity contribution >= 4 is 21.6 Å². The van der Waals surface area contributed by atoms with Crippen LogP contribution in [0, 0.1) is 0 Å². The molecule has 0 saturated carbocycles. The van der Waals surface area contributed by atoms with Gasteiger partial charge in [0.15, 0.2) is 9.92 Å². The summed E-state index contributed by atoms with van der Waals surface area (Å²) in [5, 5.41) is 7.66. The minimum atomic E-state index is -3.76. The van der Waals surface area contributed by atoms with Gasteiger partial charge in [-0.25, -0.2) is 18.4 Å². The van der Waals surface area contributed by atoms with Gasteiger partial charge in [-0.3, -0.25) is 0 Å². The third-order valence-corrected chi connectivity index (χ3v) is 11.2. The van der Waals surface area contributed by atoms with Crippen LogP contribution in [-0.2, 0) is 47.7 Å². The first kappa shape index (κ1) is 28.6. The molecular weight excluding hydrogens is 595 g/mol. The van der Waals surface area contributed by atoms with Crippen LogP contribution in [0.2, 0.25) is 0 Å². The molecule has 2 amide bonds. The first-order valence-corrected chi connectivity index (χ1v) is 17.4. The maximum absolute atomic E-state index is 15.8. The molecule has 8 rings (SSSR count). The molecule has 4 aromatic carbocycles. The SMILES string of the molecule is C[C@H]1Cn2ncc([S@](=O)(=NC(c3ccccc3)(c3ccccc3)c3ccccc3)NC(=O)Nc3c4c(cc5c3CC5)CCC4)c2O1. The van der Waals surface area contributed by atoms with Crippen molar-refractivity contribution in [3.63, 3.8) is 0 Å². The zero-order chi connectivity index (χ0) is 31.3. The first-order chi connectivity index (χ1) is 22.4. The van der Waals surface area contributed by atoms with E-state index in [-0.39, 0.29) is 11.0 Å². The standard InChI is InChI=1S/C37H35N5O3S/c1-25-24-42-35(45-25)33(23-38-42)46(44,40-36(43)39-34-31-19-11-12-26(31)22-27-20-21-32(27)34)41-37(28-13-5-2-6-14-28,29-15-7-3-8-16-29)30-17-9-4-10-18-30/h2-10,13-18,22-23,25H,11-12,19-21,24H2,1H3,(H2,39,40,41,43,44)/t25-,46+/m0/s1. The van der Waals surface area contributed by atoms with E-state index in [9.17, 15) is 4.79 Å². The van der Waals surface area contributed by atoms with Gasteiger partial charge in [0, 0.05) is 5.69 Å². The van der Waals surface area contributed by atoms with Crippen molar-refractivity contribution in [2.45, 2.75) is 62.1 Å². The van der Waals surface area contributed by atoms with E-state index in [1.807, 2.05) is 97.9 Å². The van der Waals surface area contributed by atoms with Crippen molar-refractivity contribution in [1.29, 1.82) is 0 Å². The number of carbonyl (C=O) groups excluding carboxylic acids is 1. The molecule has 232 valence electrons. The molecule has 0 saturated heterocycles. The van der Waals surface area contributed by atoms with Crippen LogP contribution in [0.3, 0.4) is 0 Å². The molecule has 2 heterocycles. The number of hydrogen-bond acceptors (Lipinski definition) is 5. The molecule has 1 aromatic heterocycles. The van der Waals surface area contributed by atoms with Crippen molar-refractivity contribution < 1.29 is 13.7 Å². The van der Waals surface area contributed by atoms with Crippen LogP contribution in [0.15, 0.2) is 113 Å². The number of fused-ring (bicyclic) bond motifs is 3. The van der Waals surface area contributed by atoms with Crippen molar-refractivity contribution in [2.75, 3.05) is 5.32 Å². The Kier molecular flexibility index (Phi) is 6.94. The Bertz CT molecular complexity index is 1970. The largest absolute Gasteiger partial charge is 0.472 e. The Morgan fingerprint density at radius 2 is 1.46 bits per heavy atom. The molecule has 2 atom stereocenters. The molecule has 46 heavy (non-hydrogen) atoms. The fourth-order valence-electron chi connectivity index (χ4n) is 7.14. The van der Waals surface area contributed by atoms with Crippen LogP contribution in [0.4, 0.5) is 10.5 Å². The summed E-state index contributed by atoms with van der Waals surface area (Å²) >= 11 is 0. The van der Waals surface area contributed by atoms with Gasteiger partial charge in [0.1, 0.15) is 16.5 Å². The molecule has 0 spiro atoms. The summed E-state index contributed by atoms with van der Waals surface area (Å²) in [7, 11) is -3.76. The van der Waals surface area contributed by atoms with Gasteiger partial charge in [-0.05, 0) is 78.0 Å². The number of aromatic nitrogens is 2. The number of nitrogens with zero attached hydrogens (tertiary/aromatic N) is 3. The summed E-state index contributed by atoms with van der Waals surface area (Å²) in [6.07, 6.45) is 6.28. The minimum Gasteiger partial charge on any atom is -0.472 e. The second-order valence-electron chi connectivity index (χ2n) is 12.3. The summed E-state index contributed by atoms with van der Waals surface area (Å²) in [5.74, 6) is 0.356. The lowest BCUT2D eigenvalue weighted by Gasteiger charge is -2.33. The molecule has 2 aliphatic carbocycles. The number of ether oxygens (including phenoxy) is 1. The number of hydrogen-bond donors (Lipinski definition) is 2. The number of rotatable bonds is 7. The van der Waals surface area contributed by atoms with E-state index in [0.29, 0.717) is 12.4 Å². The topological polar surface area (TPSA) is 97.6 Å². The number of urea groups is 1. The molecule has 0 bridgehead atoms. The first-order valence-electron chi connectivity index (χ1n) is 15.9. The van der Waals surface area contributed by atoms with E-state index in [1.165, 1.54) is 28.5 Å². The predicted molar refractivity (Wildman–Crippen MR) is 178 cm³/mol. The Morgan fingerprint density at radius 1 is 0.870 bits per heavy atom. The average molecular weight is 630 g/mol. The van der Waals surface area contributed by atoms with Gasteiger partial charge in [-0.1, -0.05) is 97.1 Å². The quantitative estimate of drug-likeness (QED) is 0.193. The van der Waals surface area contributed by atoms with Crippen molar-refractivity contribution in [3.05, 3.63) is 142 Å². The summed E-state index contributed by atoms with van der Waals surface area (Å²) in [4.78, 5) is 14.4. The van der Waals surface area contributed by atoms with Crippen LogP contribution in [-0.4, -0.2) is 26.1 Å². The smallest absolute Gasteiger partial charge is 0.331 e. The summed E-state index contributed by atoms with van der Waals surface area (Å²) in [6.45, 7) is 2.45. The highest BCUT2D eigenvalue weighted by atomic mass is 32.2. The van der Waals surface area contributed by atoms with Crippen LogP contribution in [0.1, 0.15) is 52.3 Å². The molecule has 2 N–H and O–H groups in total. The van der Waals surface area contributed by atoms with E-state index in [4.69, 9.17) is 9.10 Å². The lowest BCUT2D eigenvalue weighted by atomic mass is 9.78. The maximum atomic E-state index is 15.8. The van der Waals surface area contributed by atoms with Crippen LogP contribution < -0.4 is 14.8 Å². The molecular formula is C37H35N5O3S. The second kappa shape index (κ2) is 11.2. The fraction of sp³-hybridized carbons (Fsp3) is 0.243. The zero-order valence-electron chi connectivity index (χ0n) is 25.6. The molecule has 3 aliphatic rings. The predicted octanol–water partition coefficient (Wildman–Crippen LogP) is 6.81. The van der Waals surface area contributed by atoms with Gasteiger partial charge in [0.2, 0.25) is 5.88 Å². The van der Waals surface area contributed by atoms with Gasteiger partial charge < -0.3 is 10.1 Å². The zero-order valence-corrected chi connectivity index (χ0v) is 26.4. The van der Waals surface area contributed by atoms with E-state index in [0.717, 1.165) is 54.5 Å². The third-order valence-electron chi connectivity index (χ3n) is 9.35. The van der Waals surface area contributed by atoms with Gasteiger partial charge in [0.25, 0.3) is 0 Å². The molecule has 1 aliphatic heterocycles. The van der Waals surface area contributed by atoms with E-state index >= 15 is 4.21 Å². The Labute approximate surface area is 269 Å². The molecule has 0 radical (unpaired) electrons. The van der Waals surface area contributed by atoms with E-state index < -0.39 is 21.5 Å². The highest BCUT2D eigenvalue weighted by Crippen LogP contribution is 2.44. The van der Waals surface area contributed by atoms with Crippen molar-refractivity contribution in [1.82, 2.24) is 14.5 Å². The monoisotopic (exact) mass is 629 g/mol. The highest BCUT2D eigenvalue weighted by Gasteiger charge is 2.41. The summed E-state index contributed by atoms with van der Waals surface area (Å²) < 4.78 is 31.8. The van der Waals surface area contributed by atoms with Crippen LogP contribution in [0.25, 0.3) is 0 Å². The average Bonchev–Trinajstić information content (AvgIpc) is 3.79. The van der Waals surface area contributed by atoms with Gasteiger partial charge in [-0.2, -0.15) is 9.46 Å². The minimum absolute atomic E-state index is 0.159. The Morgan fingerprint density at radius 3 is 2.04 bits per heavy atom. The van der Waals surface area contributed by atoms with E-state index in [2.05, 4.69) is 21.2 Å². The van der Waals surface area contributed by atoms with Crippen LogP contribution >= 0.6 is 0 Å². The van der Waals surface area contributed by atoms with Gasteiger partial charge >= 0.3 is 6.03 Å². The Hall–Kier alpha value is -4.89. The fourth-order valence-corrected chi connectivity index (χ4v) is 8.98. The van der Waals surface area contributed by atoms with Gasteiger partial charge in [-0.15, -0.1) is 0 Å². The molecule has 0 unspecified atom stereocenters. The molecule has 8 nitrogen and oxygen atoms in total. The lowest BCUT2D eigenvalue weighted by molar-refractivity contribution is 0.248. The number of nitrogens with one attached hydrogen (secondary N) is 2. The Balaban J connectivity index is 1.34. The number of aryl methyl sites for hydroxylation is 2. The number of amides is 2. The second-order valence-corrected chi connectivity index (χ2v) is 14.2. The summed E-state index contributed by atoms with van der Waals surface area (Å²) in [6, 6.07) is 31.2. The molecule has 5 aromatic rings. The highest BCUT2D eigenvalue weighted by molar-refractivity contribution is 7.92. The van der Waals surface area contributed by atoms with Crippen molar-refractivity contribution in [3.8, 4) is 5.88 Å². The normalized spacial score (nSPS) is 17.5. The maximum Gasteiger partial charge on any atom is 0.331 e. The number of anilines is 1. The van der Waals surface area contributed by atoms with Crippen LogP contribution in [0.5, 0.6) is 5.88 Å². The summed E-state index contributed by atoms with van der Waals surface area (Å²) in [5.41, 5.74) is 6.98. The molecule has 9 heteroatoms. The molecule has 0 fully saturated rings. The van der Waals surface area contributed by atoms with E-state index in [1.54, 1.807) is 4.68 Å². The number of benzene rings is 4. The number of carbonyl (C=O) groups is 1. The lowest BCUT2D eigenvalue weighted by Crippen LogP contribution is -2.38. The third kappa shape index (κ3) is 4.69. The van der Waals surface area contributed by atoms with Gasteiger partial charge in [0.05, 0.1) is 12.7 Å².